The van der Waals surface area contributed by atoms with Gasteiger partial charge in [0.25, 0.3) is 0 Å². The SMILES string of the molecule is Cc1cc(C)c(NC(=O)CCN2CC[C@H](O)C2)c(Cl)c1. The third-order valence-electron chi connectivity index (χ3n) is 3.60. The molecular formula is C15H21ClN2O2. The largest absolute Gasteiger partial charge is 0.392 e. The number of aliphatic hydroxyl groups excluding tert-OH is 1. The highest BCUT2D eigenvalue weighted by Gasteiger charge is 2.20. The number of carbonyl (C=O) groups excluding carboxylic acids is 1. The Morgan fingerprint density at radius 1 is 1.50 bits per heavy atom. The Hall–Kier alpha value is -1.10. The number of nitrogens with zero attached hydrogens (tertiary/aromatic N) is 1. The number of carbonyl (C=O) groups is 1. The summed E-state index contributed by atoms with van der Waals surface area (Å²) in [4.78, 5) is 14.1. The molecule has 0 bridgehead atoms. The maximum Gasteiger partial charge on any atom is 0.225 e. The van der Waals surface area contributed by atoms with Crippen LogP contribution in [0.5, 0.6) is 0 Å². The minimum absolute atomic E-state index is 0.0414. The fourth-order valence-corrected chi connectivity index (χ4v) is 2.92. The molecule has 0 unspecified atom stereocenters. The van der Waals surface area contributed by atoms with E-state index in [1.807, 2.05) is 26.0 Å². The first-order chi connectivity index (χ1) is 9.45. The van der Waals surface area contributed by atoms with Gasteiger partial charge >= 0.3 is 0 Å². The number of hydrogen-bond acceptors (Lipinski definition) is 3. The molecule has 1 saturated heterocycles. The van der Waals surface area contributed by atoms with Crippen molar-refractivity contribution in [3.05, 3.63) is 28.3 Å². The molecular weight excluding hydrogens is 276 g/mol. The molecule has 20 heavy (non-hydrogen) atoms. The number of anilines is 1. The minimum atomic E-state index is -0.244. The number of amides is 1. The molecule has 1 amide bonds. The maximum absolute atomic E-state index is 12.0. The number of β-amino-alcohol motifs (C(OH)–C–C–N with tert-alkyl or cyclic N) is 1. The van der Waals surface area contributed by atoms with Crippen LogP contribution in [-0.2, 0) is 4.79 Å². The van der Waals surface area contributed by atoms with Gasteiger partial charge in [-0.1, -0.05) is 17.7 Å². The summed E-state index contributed by atoms with van der Waals surface area (Å²) in [6.45, 7) is 6.11. The first-order valence-electron chi connectivity index (χ1n) is 6.92. The second-order valence-corrected chi connectivity index (χ2v) is 5.89. The second kappa shape index (κ2) is 6.57. The fraction of sp³-hybridized carbons (Fsp3) is 0.533. The summed E-state index contributed by atoms with van der Waals surface area (Å²) in [5.74, 6) is -0.0414. The lowest BCUT2D eigenvalue weighted by atomic mass is 10.1. The van der Waals surface area contributed by atoms with Crippen molar-refractivity contribution in [3.8, 4) is 0 Å². The second-order valence-electron chi connectivity index (χ2n) is 5.48. The summed E-state index contributed by atoms with van der Waals surface area (Å²) in [6, 6.07) is 3.85. The Kier molecular flexibility index (Phi) is 5.02. The lowest BCUT2D eigenvalue weighted by Crippen LogP contribution is -2.27. The van der Waals surface area contributed by atoms with Crippen molar-refractivity contribution in [1.82, 2.24) is 4.90 Å². The van der Waals surface area contributed by atoms with E-state index in [0.29, 0.717) is 30.2 Å². The standard InChI is InChI=1S/C15H21ClN2O2/c1-10-7-11(2)15(13(16)8-10)17-14(20)4-6-18-5-3-12(19)9-18/h7-8,12,19H,3-6,9H2,1-2H3,(H,17,20)/t12-/m0/s1. The van der Waals surface area contributed by atoms with Crippen molar-refractivity contribution in [1.29, 1.82) is 0 Å². The molecule has 0 spiro atoms. The van der Waals surface area contributed by atoms with E-state index in [2.05, 4.69) is 10.2 Å². The molecule has 0 radical (unpaired) electrons. The van der Waals surface area contributed by atoms with Crippen LogP contribution < -0.4 is 5.32 Å². The summed E-state index contributed by atoms with van der Waals surface area (Å²) in [7, 11) is 0. The Morgan fingerprint density at radius 3 is 2.85 bits per heavy atom. The van der Waals surface area contributed by atoms with Crippen molar-refractivity contribution in [2.45, 2.75) is 32.8 Å². The van der Waals surface area contributed by atoms with Crippen LogP contribution in [0.25, 0.3) is 0 Å². The molecule has 0 saturated carbocycles. The summed E-state index contributed by atoms with van der Waals surface area (Å²) in [6.07, 6.45) is 0.966. The van der Waals surface area contributed by atoms with Crippen LogP contribution in [0.4, 0.5) is 5.69 Å². The van der Waals surface area contributed by atoms with Gasteiger partial charge in [0.1, 0.15) is 0 Å². The van der Waals surface area contributed by atoms with Crippen molar-refractivity contribution in [3.63, 3.8) is 0 Å². The molecule has 2 rings (SSSR count). The Bertz CT molecular complexity index is 482. The van der Waals surface area contributed by atoms with Crippen molar-refractivity contribution < 1.29 is 9.90 Å². The molecule has 1 aromatic carbocycles. The Morgan fingerprint density at radius 2 is 2.25 bits per heavy atom. The molecule has 1 atom stereocenters. The van der Waals surface area contributed by atoms with E-state index in [1.54, 1.807) is 0 Å². The normalized spacial score (nSPS) is 19.3. The zero-order chi connectivity index (χ0) is 14.7. The van der Waals surface area contributed by atoms with Crippen LogP contribution in [0, 0.1) is 13.8 Å². The fourth-order valence-electron chi connectivity index (χ4n) is 2.55. The maximum atomic E-state index is 12.0. The summed E-state index contributed by atoms with van der Waals surface area (Å²) in [5.41, 5.74) is 2.75. The van der Waals surface area contributed by atoms with Gasteiger partial charge in [0.15, 0.2) is 0 Å². The van der Waals surface area contributed by atoms with Gasteiger partial charge in [0.05, 0.1) is 16.8 Å². The molecule has 5 heteroatoms. The number of likely N-dealkylation sites (tertiary alicyclic amines) is 1. The zero-order valence-corrected chi connectivity index (χ0v) is 12.7. The highest BCUT2D eigenvalue weighted by Crippen LogP contribution is 2.27. The topological polar surface area (TPSA) is 52.6 Å². The third-order valence-corrected chi connectivity index (χ3v) is 3.90. The molecule has 2 N–H and O–H groups in total. The molecule has 0 aromatic heterocycles. The summed E-state index contributed by atoms with van der Waals surface area (Å²) in [5, 5.41) is 12.9. The number of aryl methyl sites for hydroxylation is 2. The summed E-state index contributed by atoms with van der Waals surface area (Å²) < 4.78 is 0. The Labute approximate surface area is 124 Å². The van der Waals surface area contributed by atoms with Gasteiger partial charge in [-0.25, -0.2) is 0 Å². The van der Waals surface area contributed by atoms with Crippen LogP contribution in [0.15, 0.2) is 12.1 Å². The number of halogens is 1. The minimum Gasteiger partial charge on any atom is -0.392 e. The van der Waals surface area contributed by atoms with E-state index in [1.165, 1.54) is 0 Å². The molecule has 1 aliphatic heterocycles. The number of hydrogen-bond donors (Lipinski definition) is 2. The average molecular weight is 297 g/mol. The molecule has 4 nitrogen and oxygen atoms in total. The van der Waals surface area contributed by atoms with Crippen molar-refractivity contribution in [2.75, 3.05) is 25.0 Å². The lowest BCUT2D eigenvalue weighted by Gasteiger charge is -2.15. The van der Waals surface area contributed by atoms with Gasteiger partial charge in [-0.15, -0.1) is 0 Å². The van der Waals surface area contributed by atoms with Crippen LogP contribution in [0.3, 0.4) is 0 Å². The predicted octanol–water partition coefficient (Wildman–Crippen LogP) is 2.35. The van der Waals surface area contributed by atoms with Gasteiger partial charge in [-0.2, -0.15) is 0 Å². The molecule has 1 heterocycles. The monoisotopic (exact) mass is 296 g/mol. The highest BCUT2D eigenvalue weighted by molar-refractivity contribution is 6.34. The lowest BCUT2D eigenvalue weighted by molar-refractivity contribution is -0.116. The van der Waals surface area contributed by atoms with Crippen LogP contribution in [0.2, 0.25) is 5.02 Å². The number of nitrogens with one attached hydrogen (secondary N) is 1. The van der Waals surface area contributed by atoms with E-state index in [4.69, 9.17) is 11.6 Å². The third kappa shape index (κ3) is 3.95. The Balaban J connectivity index is 1.88. The molecule has 1 fully saturated rings. The average Bonchev–Trinajstić information content (AvgIpc) is 2.77. The number of benzene rings is 1. The quantitative estimate of drug-likeness (QED) is 0.897. The van der Waals surface area contributed by atoms with Crippen LogP contribution in [0.1, 0.15) is 24.0 Å². The van der Waals surface area contributed by atoms with Crippen molar-refractivity contribution in [2.24, 2.45) is 0 Å². The van der Waals surface area contributed by atoms with E-state index in [-0.39, 0.29) is 12.0 Å². The van der Waals surface area contributed by atoms with E-state index in [9.17, 15) is 9.90 Å². The van der Waals surface area contributed by atoms with Crippen molar-refractivity contribution >= 4 is 23.2 Å². The molecule has 1 aromatic rings. The summed E-state index contributed by atoms with van der Waals surface area (Å²) >= 11 is 6.17. The van der Waals surface area contributed by atoms with Gasteiger partial charge in [0.2, 0.25) is 5.91 Å². The van der Waals surface area contributed by atoms with Gasteiger partial charge < -0.3 is 15.3 Å². The van der Waals surface area contributed by atoms with E-state index >= 15 is 0 Å². The zero-order valence-electron chi connectivity index (χ0n) is 11.9. The highest BCUT2D eigenvalue weighted by atomic mass is 35.5. The molecule has 110 valence electrons. The number of rotatable bonds is 4. The molecule has 0 aliphatic carbocycles. The smallest absolute Gasteiger partial charge is 0.225 e. The van der Waals surface area contributed by atoms with Crippen LogP contribution >= 0.6 is 11.6 Å². The van der Waals surface area contributed by atoms with Gasteiger partial charge in [-0.3, -0.25) is 4.79 Å². The number of aliphatic hydroxyl groups is 1. The predicted molar refractivity (Wildman–Crippen MR) is 81.2 cm³/mol. The van der Waals surface area contributed by atoms with Gasteiger partial charge in [-0.05, 0) is 37.5 Å². The van der Waals surface area contributed by atoms with E-state index < -0.39 is 0 Å². The molecule has 1 aliphatic rings. The first kappa shape index (κ1) is 15.3. The van der Waals surface area contributed by atoms with E-state index in [0.717, 1.165) is 24.1 Å². The first-order valence-corrected chi connectivity index (χ1v) is 7.30. The van der Waals surface area contributed by atoms with Gasteiger partial charge in [0, 0.05) is 26.1 Å². The van der Waals surface area contributed by atoms with Crippen LogP contribution in [-0.4, -0.2) is 41.7 Å².